The molecule has 0 amide bonds. The number of esters is 1. The molecule has 0 aliphatic heterocycles. The number of rotatable bonds is 3. The number of carbonyl (C=O) groups is 1. The lowest BCUT2D eigenvalue weighted by atomic mass is 10.1. The van der Waals surface area contributed by atoms with E-state index < -0.39 is 0 Å². The summed E-state index contributed by atoms with van der Waals surface area (Å²) in [5, 5.41) is 0. The zero-order chi connectivity index (χ0) is 10.6. The third-order valence-electron chi connectivity index (χ3n) is 1.85. The molecule has 0 aliphatic rings. The van der Waals surface area contributed by atoms with Crippen LogP contribution in [-0.2, 0) is 16.0 Å². The monoisotopic (exact) mass is 304 g/mol. The van der Waals surface area contributed by atoms with Crippen molar-refractivity contribution in [2.45, 2.75) is 20.3 Å². The lowest BCUT2D eigenvalue weighted by Crippen LogP contribution is -2.08. The molecule has 1 aromatic rings. The van der Waals surface area contributed by atoms with Gasteiger partial charge in [0.15, 0.2) is 0 Å². The molecule has 2 nitrogen and oxygen atoms in total. The summed E-state index contributed by atoms with van der Waals surface area (Å²) in [5.41, 5.74) is 2.25. The fourth-order valence-corrected chi connectivity index (χ4v) is 2.02. The SMILES string of the molecule is CCOC(=O)Cc1ccc(C)cc1I. The molecule has 14 heavy (non-hydrogen) atoms. The van der Waals surface area contributed by atoms with Crippen LogP contribution < -0.4 is 0 Å². The van der Waals surface area contributed by atoms with Crippen molar-refractivity contribution < 1.29 is 9.53 Å². The Morgan fingerprint density at radius 1 is 1.50 bits per heavy atom. The van der Waals surface area contributed by atoms with Crippen LogP contribution in [-0.4, -0.2) is 12.6 Å². The van der Waals surface area contributed by atoms with Gasteiger partial charge in [0.1, 0.15) is 0 Å². The Morgan fingerprint density at radius 2 is 2.21 bits per heavy atom. The number of hydrogen-bond acceptors (Lipinski definition) is 2. The minimum Gasteiger partial charge on any atom is -0.466 e. The van der Waals surface area contributed by atoms with Crippen LogP contribution in [0.3, 0.4) is 0 Å². The highest BCUT2D eigenvalue weighted by Gasteiger charge is 2.06. The van der Waals surface area contributed by atoms with Gasteiger partial charge in [0.2, 0.25) is 0 Å². The third-order valence-corrected chi connectivity index (χ3v) is 2.85. The molecule has 0 fully saturated rings. The second-order valence-corrected chi connectivity index (χ2v) is 4.24. The van der Waals surface area contributed by atoms with Gasteiger partial charge >= 0.3 is 5.97 Å². The molecule has 0 heterocycles. The van der Waals surface area contributed by atoms with Gasteiger partial charge in [-0.2, -0.15) is 0 Å². The van der Waals surface area contributed by atoms with E-state index in [9.17, 15) is 4.79 Å². The minimum absolute atomic E-state index is 0.158. The van der Waals surface area contributed by atoms with Crippen LogP contribution in [0.4, 0.5) is 0 Å². The number of aryl methyl sites for hydroxylation is 1. The maximum atomic E-state index is 11.2. The number of hydrogen-bond donors (Lipinski definition) is 0. The number of benzene rings is 1. The van der Waals surface area contributed by atoms with E-state index in [0.29, 0.717) is 13.0 Å². The quantitative estimate of drug-likeness (QED) is 0.634. The molecule has 0 aromatic heterocycles. The maximum absolute atomic E-state index is 11.2. The minimum atomic E-state index is -0.158. The Labute approximate surface area is 97.8 Å². The largest absolute Gasteiger partial charge is 0.466 e. The summed E-state index contributed by atoms with van der Waals surface area (Å²) in [4.78, 5) is 11.2. The van der Waals surface area contributed by atoms with Gasteiger partial charge in [-0.1, -0.05) is 17.7 Å². The highest BCUT2D eigenvalue weighted by atomic mass is 127. The molecule has 1 rings (SSSR count). The Balaban J connectivity index is 2.72. The van der Waals surface area contributed by atoms with Crippen LogP contribution in [0.15, 0.2) is 18.2 Å². The average molecular weight is 304 g/mol. The van der Waals surface area contributed by atoms with Crippen molar-refractivity contribution >= 4 is 28.6 Å². The zero-order valence-corrected chi connectivity index (χ0v) is 10.5. The standard InChI is InChI=1S/C11H13IO2/c1-3-14-11(13)7-9-5-4-8(2)6-10(9)12/h4-6H,3,7H2,1-2H3. The van der Waals surface area contributed by atoms with Crippen LogP contribution in [0.1, 0.15) is 18.1 Å². The Hall–Kier alpha value is -0.580. The van der Waals surface area contributed by atoms with Gasteiger partial charge in [-0.15, -0.1) is 0 Å². The number of halogens is 1. The first-order valence-corrected chi connectivity index (χ1v) is 5.62. The fraction of sp³-hybridized carbons (Fsp3) is 0.364. The normalized spacial score (nSPS) is 9.93. The summed E-state index contributed by atoms with van der Waals surface area (Å²) in [5.74, 6) is -0.158. The van der Waals surface area contributed by atoms with E-state index in [1.807, 2.05) is 26.0 Å². The van der Waals surface area contributed by atoms with E-state index >= 15 is 0 Å². The Bertz CT molecular complexity index is 334. The van der Waals surface area contributed by atoms with E-state index in [2.05, 4.69) is 28.7 Å². The van der Waals surface area contributed by atoms with Crippen molar-refractivity contribution in [3.63, 3.8) is 0 Å². The molecule has 0 saturated carbocycles. The predicted octanol–water partition coefficient (Wildman–Crippen LogP) is 2.71. The maximum Gasteiger partial charge on any atom is 0.310 e. The van der Waals surface area contributed by atoms with Crippen LogP contribution in [0, 0.1) is 10.5 Å². The first-order chi connectivity index (χ1) is 6.63. The molecule has 0 unspecified atom stereocenters. The predicted molar refractivity (Wildman–Crippen MR) is 64.2 cm³/mol. The van der Waals surface area contributed by atoms with Crippen molar-refractivity contribution in [3.05, 3.63) is 32.9 Å². The topological polar surface area (TPSA) is 26.3 Å². The fourth-order valence-electron chi connectivity index (χ4n) is 1.16. The van der Waals surface area contributed by atoms with Crippen molar-refractivity contribution in [1.29, 1.82) is 0 Å². The molecule has 76 valence electrons. The molecule has 1 aromatic carbocycles. The summed E-state index contributed by atoms with van der Waals surface area (Å²) in [6.45, 7) is 4.30. The van der Waals surface area contributed by atoms with Crippen molar-refractivity contribution in [2.75, 3.05) is 6.61 Å². The number of ether oxygens (including phenoxy) is 1. The van der Waals surface area contributed by atoms with Gasteiger partial charge in [-0.25, -0.2) is 0 Å². The second-order valence-electron chi connectivity index (χ2n) is 3.08. The van der Waals surface area contributed by atoms with Crippen molar-refractivity contribution in [2.24, 2.45) is 0 Å². The van der Waals surface area contributed by atoms with Gasteiger partial charge in [-0.05, 0) is 48.1 Å². The van der Waals surface area contributed by atoms with E-state index in [0.717, 1.165) is 9.13 Å². The molecule has 0 N–H and O–H groups in total. The van der Waals surface area contributed by atoms with Gasteiger partial charge in [0.25, 0.3) is 0 Å². The molecular formula is C11H13IO2. The van der Waals surface area contributed by atoms with Crippen LogP contribution in [0.25, 0.3) is 0 Å². The molecule has 0 radical (unpaired) electrons. The zero-order valence-electron chi connectivity index (χ0n) is 8.34. The smallest absolute Gasteiger partial charge is 0.310 e. The van der Waals surface area contributed by atoms with E-state index in [1.165, 1.54) is 5.56 Å². The average Bonchev–Trinajstić information content (AvgIpc) is 2.10. The summed E-state index contributed by atoms with van der Waals surface area (Å²) >= 11 is 2.24. The summed E-state index contributed by atoms with van der Waals surface area (Å²) in [6, 6.07) is 6.06. The van der Waals surface area contributed by atoms with E-state index in [4.69, 9.17) is 4.74 Å². The van der Waals surface area contributed by atoms with Gasteiger partial charge < -0.3 is 4.74 Å². The molecule has 0 atom stereocenters. The first kappa shape index (κ1) is 11.5. The first-order valence-electron chi connectivity index (χ1n) is 4.54. The highest BCUT2D eigenvalue weighted by molar-refractivity contribution is 14.1. The van der Waals surface area contributed by atoms with Gasteiger partial charge in [0, 0.05) is 3.57 Å². The third kappa shape index (κ3) is 3.29. The molecule has 0 spiro atoms. The van der Waals surface area contributed by atoms with Crippen LogP contribution in [0.5, 0.6) is 0 Å². The van der Waals surface area contributed by atoms with Crippen LogP contribution in [0.2, 0.25) is 0 Å². The molecule has 3 heteroatoms. The molecule has 0 aliphatic carbocycles. The van der Waals surface area contributed by atoms with Gasteiger partial charge in [-0.3, -0.25) is 4.79 Å². The van der Waals surface area contributed by atoms with Gasteiger partial charge in [0.05, 0.1) is 13.0 Å². The van der Waals surface area contributed by atoms with Crippen molar-refractivity contribution in [3.8, 4) is 0 Å². The van der Waals surface area contributed by atoms with E-state index in [-0.39, 0.29) is 5.97 Å². The molecule has 0 saturated heterocycles. The molecule has 0 bridgehead atoms. The Morgan fingerprint density at radius 3 is 2.79 bits per heavy atom. The molecular weight excluding hydrogens is 291 g/mol. The second kappa shape index (κ2) is 5.34. The highest BCUT2D eigenvalue weighted by Crippen LogP contribution is 2.15. The summed E-state index contributed by atoms with van der Waals surface area (Å²) in [6.07, 6.45) is 0.367. The number of carbonyl (C=O) groups excluding carboxylic acids is 1. The lowest BCUT2D eigenvalue weighted by Gasteiger charge is -2.05. The lowest BCUT2D eigenvalue weighted by molar-refractivity contribution is -0.142. The van der Waals surface area contributed by atoms with E-state index in [1.54, 1.807) is 0 Å². The van der Waals surface area contributed by atoms with Crippen molar-refractivity contribution in [1.82, 2.24) is 0 Å². The Kier molecular flexibility index (Phi) is 4.38. The van der Waals surface area contributed by atoms with Crippen LogP contribution >= 0.6 is 22.6 Å². The summed E-state index contributed by atoms with van der Waals surface area (Å²) < 4.78 is 6.01. The summed E-state index contributed by atoms with van der Waals surface area (Å²) in [7, 11) is 0.